The third kappa shape index (κ3) is 2.66. The largest absolute Gasteiger partial charge is 0.336 e. The minimum absolute atomic E-state index is 0.133. The normalized spacial score (nSPS) is 24.3. The molecule has 22 heavy (non-hydrogen) atoms. The first kappa shape index (κ1) is 13.9. The van der Waals surface area contributed by atoms with Crippen LogP contribution in [-0.2, 0) is 0 Å². The van der Waals surface area contributed by atoms with Gasteiger partial charge in [-0.05, 0) is 19.3 Å². The van der Waals surface area contributed by atoms with Gasteiger partial charge in [-0.15, -0.1) is 11.3 Å². The number of nitrogens with one attached hydrogen (secondary N) is 1. The van der Waals surface area contributed by atoms with Crippen molar-refractivity contribution in [2.24, 2.45) is 0 Å². The lowest BCUT2D eigenvalue weighted by atomic mass is 10.1. The van der Waals surface area contributed by atoms with Gasteiger partial charge >= 0.3 is 0 Å². The van der Waals surface area contributed by atoms with Crippen molar-refractivity contribution >= 4 is 17.2 Å². The number of nitrogens with zero attached hydrogens (tertiary/aromatic N) is 2. The van der Waals surface area contributed by atoms with Crippen LogP contribution < -0.4 is 5.32 Å². The summed E-state index contributed by atoms with van der Waals surface area (Å²) in [5, 5.41) is 4.53. The van der Waals surface area contributed by atoms with Gasteiger partial charge in [0.15, 0.2) is 0 Å². The van der Waals surface area contributed by atoms with Gasteiger partial charge in [-0.1, -0.05) is 30.3 Å². The molecule has 2 unspecified atom stereocenters. The second kappa shape index (κ2) is 5.82. The van der Waals surface area contributed by atoms with Gasteiger partial charge in [0.05, 0.1) is 6.20 Å². The number of aromatic nitrogens is 1. The highest BCUT2D eigenvalue weighted by Gasteiger charge is 2.31. The number of amides is 1. The van der Waals surface area contributed by atoms with Crippen LogP contribution in [-0.4, -0.2) is 41.0 Å². The number of hydrogen-bond acceptors (Lipinski definition) is 4. The van der Waals surface area contributed by atoms with Crippen LogP contribution in [0, 0.1) is 0 Å². The summed E-state index contributed by atoms with van der Waals surface area (Å²) in [7, 11) is 0. The van der Waals surface area contributed by atoms with Crippen molar-refractivity contribution in [3.8, 4) is 10.6 Å². The summed E-state index contributed by atoms with van der Waals surface area (Å²) >= 11 is 1.49. The highest BCUT2D eigenvalue weighted by Crippen LogP contribution is 2.27. The fraction of sp³-hybridized carbons (Fsp3) is 0.412. The van der Waals surface area contributed by atoms with Crippen molar-refractivity contribution in [2.75, 3.05) is 13.1 Å². The van der Waals surface area contributed by atoms with E-state index in [1.807, 2.05) is 35.2 Å². The fourth-order valence-electron chi connectivity index (χ4n) is 3.37. The molecule has 0 aliphatic carbocycles. The summed E-state index contributed by atoms with van der Waals surface area (Å²) < 4.78 is 0. The van der Waals surface area contributed by atoms with E-state index in [1.165, 1.54) is 24.2 Å². The number of fused-ring (bicyclic) bond motifs is 2. The summed E-state index contributed by atoms with van der Waals surface area (Å²) in [4.78, 5) is 19.9. The van der Waals surface area contributed by atoms with Gasteiger partial charge in [0.1, 0.15) is 9.88 Å². The smallest absolute Gasteiger partial charge is 0.265 e. The van der Waals surface area contributed by atoms with Gasteiger partial charge in [-0.3, -0.25) is 4.79 Å². The first-order valence-corrected chi connectivity index (χ1v) is 8.68. The van der Waals surface area contributed by atoms with E-state index in [1.54, 1.807) is 6.20 Å². The van der Waals surface area contributed by atoms with Crippen molar-refractivity contribution in [2.45, 2.75) is 31.3 Å². The van der Waals surface area contributed by atoms with Gasteiger partial charge in [-0.2, -0.15) is 0 Å². The zero-order valence-corrected chi connectivity index (χ0v) is 13.2. The Bertz CT molecular complexity index is 670. The van der Waals surface area contributed by atoms with Gasteiger partial charge in [-0.25, -0.2) is 4.98 Å². The molecule has 1 N–H and O–H groups in total. The van der Waals surface area contributed by atoms with Crippen molar-refractivity contribution < 1.29 is 4.79 Å². The van der Waals surface area contributed by atoms with Crippen LogP contribution in [0.4, 0.5) is 0 Å². The Labute approximate surface area is 134 Å². The van der Waals surface area contributed by atoms with E-state index < -0.39 is 0 Å². The monoisotopic (exact) mass is 313 g/mol. The maximum Gasteiger partial charge on any atom is 0.265 e. The van der Waals surface area contributed by atoms with Gasteiger partial charge in [0.25, 0.3) is 5.91 Å². The summed E-state index contributed by atoms with van der Waals surface area (Å²) in [5.74, 6) is 0.133. The minimum atomic E-state index is 0.133. The average Bonchev–Trinajstić information content (AvgIpc) is 3.14. The Morgan fingerprint density at radius 2 is 2.00 bits per heavy atom. The molecular weight excluding hydrogens is 294 g/mol. The molecule has 2 bridgehead atoms. The van der Waals surface area contributed by atoms with E-state index >= 15 is 0 Å². The molecule has 114 valence electrons. The molecule has 0 spiro atoms. The number of hydrogen-bond donors (Lipinski definition) is 1. The van der Waals surface area contributed by atoms with Gasteiger partial charge in [0.2, 0.25) is 0 Å². The van der Waals surface area contributed by atoms with Crippen LogP contribution >= 0.6 is 11.3 Å². The van der Waals surface area contributed by atoms with Gasteiger partial charge < -0.3 is 10.2 Å². The Hall–Kier alpha value is -1.72. The molecule has 4 rings (SSSR count). The number of carbonyl (C=O) groups excluding carboxylic acids is 1. The Morgan fingerprint density at radius 3 is 2.86 bits per heavy atom. The van der Waals surface area contributed by atoms with E-state index in [2.05, 4.69) is 10.3 Å². The molecule has 1 amide bonds. The van der Waals surface area contributed by atoms with Crippen LogP contribution in [0.25, 0.3) is 10.6 Å². The standard InChI is InChI=1S/C17H19N3OS/c21-17(20-9-8-13-6-7-14(11-20)19-13)15-10-18-16(22-15)12-4-2-1-3-5-12/h1-5,10,13-14,19H,6-9,11H2. The van der Waals surface area contributed by atoms with Crippen LogP contribution in [0.5, 0.6) is 0 Å². The lowest BCUT2D eigenvalue weighted by molar-refractivity contribution is 0.0753. The number of likely N-dealkylation sites (tertiary alicyclic amines) is 1. The summed E-state index contributed by atoms with van der Waals surface area (Å²) in [5.41, 5.74) is 1.07. The van der Waals surface area contributed by atoms with Crippen LogP contribution in [0.1, 0.15) is 28.9 Å². The number of carbonyl (C=O) groups is 1. The van der Waals surface area contributed by atoms with E-state index in [-0.39, 0.29) is 5.91 Å². The summed E-state index contributed by atoms with van der Waals surface area (Å²) in [6.07, 6.45) is 5.23. The lowest BCUT2D eigenvalue weighted by Crippen LogP contribution is -2.38. The SMILES string of the molecule is O=C(c1cnc(-c2ccccc2)s1)N1CCC2CCC(C1)N2. The molecule has 2 saturated heterocycles. The average molecular weight is 313 g/mol. The molecule has 2 aliphatic heterocycles. The predicted molar refractivity (Wildman–Crippen MR) is 88.0 cm³/mol. The molecule has 1 aromatic carbocycles. The number of rotatable bonds is 2. The zero-order chi connectivity index (χ0) is 14.9. The Balaban J connectivity index is 1.52. The second-order valence-corrected chi connectivity index (χ2v) is 7.10. The second-order valence-electron chi connectivity index (χ2n) is 6.07. The number of benzene rings is 1. The molecule has 2 aliphatic rings. The predicted octanol–water partition coefficient (Wildman–Crippen LogP) is 2.78. The summed E-state index contributed by atoms with van der Waals surface area (Å²) in [6.45, 7) is 1.68. The third-order valence-corrected chi connectivity index (χ3v) is 5.58. The maximum atomic E-state index is 12.7. The molecule has 1 aromatic heterocycles. The quantitative estimate of drug-likeness (QED) is 0.927. The molecule has 4 nitrogen and oxygen atoms in total. The third-order valence-electron chi connectivity index (χ3n) is 4.55. The lowest BCUT2D eigenvalue weighted by Gasteiger charge is -2.23. The minimum Gasteiger partial charge on any atom is -0.336 e. The molecule has 2 fully saturated rings. The topological polar surface area (TPSA) is 45.2 Å². The van der Waals surface area contributed by atoms with Crippen molar-refractivity contribution in [3.63, 3.8) is 0 Å². The van der Waals surface area contributed by atoms with Crippen LogP contribution in [0.15, 0.2) is 36.5 Å². The highest BCUT2D eigenvalue weighted by molar-refractivity contribution is 7.16. The molecule has 0 radical (unpaired) electrons. The summed E-state index contributed by atoms with van der Waals surface area (Å²) in [6, 6.07) is 11.1. The molecule has 2 atom stereocenters. The maximum absolute atomic E-state index is 12.7. The van der Waals surface area contributed by atoms with Crippen LogP contribution in [0.2, 0.25) is 0 Å². The first-order chi connectivity index (χ1) is 10.8. The van der Waals surface area contributed by atoms with Crippen molar-refractivity contribution in [1.82, 2.24) is 15.2 Å². The fourth-order valence-corrected chi connectivity index (χ4v) is 4.26. The molecule has 3 heterocycles. The Morgan fingerprint density at radius 1 is 1.18 bits per heavy atom. The number of thiazole rings is 1. The molecule has 5 heteroatoms. The van der Waals surface area contributed by atoms with Crippen molar-refractivity contribution in [3.05, 3.63) is 41.4 Å². The van der Waals surface area contributed by atoms with E-state index in [0.717, 1.165) is 35.0 Å². The highest BCUT2D eigenvalue weighted by atomic mass is 32.1. The van der Waals surface area contributed by atoms with Crippen LogP contribution in [0.3, 0.4) is 0 Å². The van der Waals surface area contributed by atoms with Crippen molar-refractivity contribution in [1.29, 1.82) is 0 Å². The molecule has 2 aromatic rings. The molecule has 0 saturated carbocycles. The van der Waals surface area contributed by atoms with E-state index in [4.69, 9.17) is 0 Å². The molecular formula is C17H19N3OS. The Kier molecular flexibility index (Phi) is 3.68. The van der Waals surface area contributed by atoms with E-state index in [0.29, 0.717) is 12.1 Å². The van der Waals surface area contributed by atoms with Gasteiger partial charge in [0, 0.05) is 30.7 Å². The van der Waals surface area contributed by atoms with E-state index in [9.17, 15) is 4.79 Å². The first-order valence-electron chi connectivity index (χ1n) is 7.86. The zero-order valence-electron chi connectivity index (χ0n) is 12.4.